The van der Waals surface area contributed by atoms with Gasteiger partial charge in [-0.25, -0.2) is 0 Å². The summed E-state index contributed by atoms with van der Waals surface area (Å²) in [6, 6.07) is 10.1. The lowest BCUT2D eigenvalue weighted by molar-refractivity contribution is 0.182. The zero-order chi connectivity index (χ0) is 9.19. The number of nitrogens with zero attached hydrogens (tertiary/aromatic N) is 1. The molecule has 0 saturated heterocycles. The standard InChI is InChI=1S/C10H16N2/c1-10(11,12(2)3)9-7-5-4-6-8-9/h4-8H,11H2,1-3H3. The minimum Gasteiger partial charge on any atom is -0.310 e. The fourth-order valence-electron chi connectivity index (χ4n) is 1.03. The third kappa shape index (κ3) is 1.65. The molecular formula is C10H16N2. The summed E-state index contributed by atoms with van der Waals surface area (Å²) in [4.78, 5) is 2.00. The molecular weight excluding hydrogens is 148 g/mol. The molecule has 0 amide bonds. The van der Waals surface area contributed by atoms with Crippen molar-refractivity contribution < 1.29 is 0 Å². The normalized spacial score (nSPS) is 16.1. The molecule has 2 nitrogen and oxygen atoms in total. The molecule has 2 heteroatoms. The minimum atomic E-state index is -0.374. The van der Waals surface area contributed by atoms with Crippen LogP contribution in [0, 0.1) is 0 Å². The van der Waals surface area contributed by atoms with Gasteiger partial charge < -0.3 is 5.73 Å². The van der Waals surface area contributed by atoms with E-state index in [2.05, 4.69) is 0 Å². The van der Waals surface area contributed by atoms with Crippen LogP contribution in [0.15, 0.2) is 30.3 Å². The zero-order valence-corrected chi connectivity index (χ0v) is 7.91. The van der Waals surface area contributed by atoms with E-state index in [0.29, 0.717) is 0 Å². The summed E-state index contributed by atoms with van der Waals surface area (Å²) in [6.07, 6.45) is 0. The Morgan fingerprint density at radius 1 is 1.17 bits per heavy atom. The van der Waals surface area contributed by atoms with E-state index >= 15 is 0 Å². The van der Waals surface area contributed by atoms with E-state index in [-0.39, 0.29) is 5.66 Å². The Hall–Kier alpha value is -0.860. The molecule has 1 rings (SSSR count). The van der Waals surface area contributed by atoms with Crippen LogP contribution in [0.5, 0.6) is 0 Å². The van der Waals surface area contributed by atoms with Crippen molar-refractivity contribution in [2.45, 2.75) is 12.6 Å². The van der Waals surface area contributed by atoms with Gasteiger partial charge in [0.2, 0.25) is 0 Å². The van der Waals surface area contributed by atoms with Crippen LogP contribution in [0.4, 0.5) is 0 Å². The SMILES string of the molecule is CN(C)C(C)(N)c1ccccc1. The molecule has 1 aromatic rings. The first-order valence-electron chi connectivity index (χ1n) is 4.07. The van der Waals surface area contributed by atoms with E-state index in [4.69, 9.17) is 5.73 Å². The highest BCUT2D eigenvalue weighted by molar-refractivity contribution is 5.21. The van der Waals surface area contributed by atoms with Crippen molar-refractivity contribution in [2.24, 2.45) is 5.73 Å². The molecule has 1 atom stereocenters. The molecule has 0 fully saturated rings. The number of rotatable bonds is 2. The number of nitrogens with two attached hydrogens (primary N) is 1. The summed E-state index contributed by atoms with van der Waals surface area (Å²) in [5.41, 5.74) is 6.87. The van der Waals surface area contributed by atoms with Gasteiger partial charge in [0, 0.05) is 0 Å². The average Bonchev–Trinajstić information content (AvgIpc) is 2.06. The Kier molecular flexibility index (Phi) is 2.50. The largest absolute Gasteiger partial charge is 0.310 e. The average molecular weight is 164 g/mol. The Morgan fingerprint density at radius 2 is 1.67 bits per heavy atom. The van der Waals surface area contributed by atoms with Crippen LogP contribution in [0.25, 0.3) is 0 Å². The number of benzene rings is 1. The predicted molar refractivity (Wildman–Crippen MR) is 51.7 cm³/mol. The molecule has 0 aliphatic rings. The molecule has 0 aliphatic heterocycles. The van der Waals surface area contributed by atoms with Crippen LogP contribution in [0.3, 0.4) is 0 Å². The van der Waals surface area contributed by atoms with Gasteiger partial charge in [0.25, 0.3) is 0 Å². The van der Waals surface area contributed by atoms with Gasteiger partial charge in [-0.15, -0.1) is 0 Å². The fourth-order valence-corrected chi connectivity index (χ4v) is 1.03. The Balaban J connectivity index is 2.98. The summed E-state index contributed by atoms with van der Waals surface area (Å²) in [5, 5.41) is 0. The maximum absolute atomic E-state index is 6.11. The summed E-state index contributed by atoms with van der Waals surface area (Å²) < 4.78 is 0. The summed E-state index contributed by atoms with van der Waals surface area (Å²) >= 11 is 0. The maximum Gasteiger partial charge on any atom is 0.0915 e. The molecule has 0 saturated carbocycles. The first-order valence-corrected chi connectivity index (χ1v) is 4.07. The molecule has 0 aromatic heterocycles. The van der Waals surface area contributed by atoms with Crippen molar-refractivity contribution in [3.8, 4) is 0 Å². The smallest absolute Gasteiger partial charge is 0.0915 e. The van der Waals surface area contributed by atoms with E-state index < -0.39 is 0 Å². The maximum atomic E-state index is 6.11. The Bertz CT molecular complexity index is 239. The van der Waals surface area contributed by atoms with Crippen molar-refractivity contribution >= 4 is 0 Å². The second-order valence-corrected chi connectivity index (χ2v) is 3.41. The molecule has 0 aliphatic carbocycles. The molecule has 0 radical (unpaired) electrons. The molecule has 1 unspecified atom stereocenters. The first kappa shape index (κ1) is 9.23. The number of hydrogen-bond acceptors (Lipinski definition) is 2. The van der Waals surface area contributed by atoms with Crippen LogP contribution in [-0.2, 0) is 5.66 Å². The first-order chi connectivity index (χ1) is 5.55. The third-order valence-electron chi connectivity index (χ3n) is 2.29. The van der Waals surface area contributed by atoms with E-state index in [1.165, 1.54) is 0 Å². The summed E-state index contributed by atoms with van der Waals surface area (Å²) in [6.45, 7) is 2.00. The highest BCUT2D eigenvalue weighted by atomic mass is 15.2. The molecule has 66 valence electrons. The molecule has 1 aromatic carbocycles. The van der Waals surface area contributed by atoms with Gasteiger partial charge in [-0.3, -0.25) is 4.90 Å². The van der Waals surface area contributed by atoms with Gasteiger partial charge in [0.05, 0.1) is 5.66 Å². The molecule has 0 heterocycles. The van der Waals surface area contributed by atoms with E-state index in [9.17, 15) is 0 Å². The predicted octanol–water partition coefficient (Wildman–Crippen LogP) is 1.38. The molecule has 2 N–H and O–H groups in total. The van der Waals surface area contributed by atoms with Crippen molar-refractivity contribution in [1.82, 2.24) is 4.90 Å². The lowest BCUT2D eigenvalue weighted by Crippen LogP contribution is -2.46. The Labute approximate surface area is 74.0 Å². The third-order valence-corrected chi connectivity index (χ3v) is 2.29. The second-order valence-electron chi connectivity index (χ2n) is 3.41. The highest BCUT2D eigenvalue weighted by Crippen LogP contribution is 2.18. The van der Waals surface area contributed by atoms with Crippen LogP contribution < -0.4 is 5.73 Å². The van der Waals surface area contributed by atoms with Gasteiger partial charge in [0.1, 0.15) is 0 Å². The van der Waals surface area contributed by atoms with E-state index in [1.807, 2.05) is 56.3 Å². The van der Waals surface area contributed by atoms with Crippen molar-refractivity contribution in [3.05, 3.63) is 35.9 Å². The van der Waals surface area contributed by atoms with E-state index in [0.717, 1.165) is 5.56 Å². The summed E-state index contributed by atoms with van der Waals surface area (Å²) in [7, 11) is 3.96. The van der Waals surface area contributed by atoms with Gasteiger partial charge in [0.15, 0.2) is 0 Å². The molecule has 0 spiro atoms. The van der Waals surface area contributed by atoms with E-state index in [1.54, 1.807) is 0 Å². The van der Waals surface area contributed by atoms with Gasteiger partial charge in [-0.2, -0.15) is 0 Å². The van der Waals surface area contributed by atoms with Gasteiger partial charge >= 0.3 is 0 Å². The quantitative estimate of drug-likeness (QED) is 0.669. The van der Waals surface area contributed by atoms with Crippen LogP contribution in [-0.4, -0.2) is 19.0 Å². The molecule has 12 heavy (non-hydrogen) atoms. The monoisotopic (exact) mass is 164 g/mol. The van der Waals surface area contributed by atoms with Crippen molar-refractivity contribution in [3.63, 3.8) is 0 Å². The zero-order valence-electron chi connectivity index (χ0n) is 7.91. The van der Waals surface area contributed by atoms with Crippen LogP contribution in [0.2, 0.25) is 0 Å². The second kappa shape index (κ2) is 3.25. The minimum absolute atomic E-state index is 0.374. The van der Waals surface area contributed by atoms with Crippen molar-refractivity contribution in [1.29, 1.82) is 0 Å². The van der Waals surface area contributed by atoms with Crippen molar-refractivity contribution in [2.75, 3.05) is 14.1 Å². The Morgan fingerprint density at radius 3 is 2.08 bits per heavy atom. The van der Waals surface area contributed by atoms with Gasteiger partial charge in [-0.05, 0) is 26.6 Å². The fraction of sp³-hybridized carbons (Fsp3) is 0.400. The lowest BCUT2D eigenvalue weighted by atomic mass is 10.0. The summed E-state index contributed by atoms with van der Waals surface area (Å²) in [5.74, 6) is 0. The van der Waals surface area contributed by atoms with Crippen LogP contribution in [0.1, 0.15) is 12.5 Å². The highest BCUT2D eigenvalue weighted by Gasteiger charge is 2.22. The topological polar surface area (TPSA) is 29.3 Å². The lowest BCUT2D eigenvalue weighted by Gasteiger charge is -2.32. The van der Waals surface area contributed by atoms with Crippen LogP contribution >= 0.6 is 0 Å². The number of hydrogen-bond donors (Lipinski definition) is 1. The molecule has 0 bridgehead atoms. The van der Waals surface area contributed by atoms with Gasteiger partial charge in [-0.1, -0.05) is 30.3 Å².